The van der Waals surface area contributed by atoms with Crippen molar-refractivity contribution >= 4 is 5.97 Å². The second kappa shape index (κ2) is 8.69. The number of hydrogen-bond acceptors (Lipinski definition) is 1. The summed E-state index contributed by atoms with van der Waals surface area (Å²) in [5.41, 5.74) is -1.88. The summed E-state index contributed by atoms with van der Waals surface area (Å²) in [5.74, 6) is -71.6. The summed E-state index contributed by atoms with van der Waals surface area (Å²) in [6, 6.07) is 0. The lowest BCUT2D eigenvalue weighted by Crippen LogP contribution is -2.76. The molecule has 0 radical (unpaired) electrons. The zero-order chi connectivity index (χ0) is 29.9. The van der Waals surface area contributed by atoms with E-state index >= 15 is 0 Å². The molecule has 0 aliphatic carbocycles. The SMILES string of the molecule is C=C(CC(F)C(F)(F)C(F)(F)C(F)(F)C(F)(F)C(F)(F)C(F)(F)C(F)(F)C(F)(F)C(F)(F)F)C(=O)O. The van der Waals surface area contributed by atoms with E-state index in [1.54, 1.807) is 0 Å². The Labute approximate surface area is 183 Å². The molecule has 0 saturated heterocycles. The van der Waals surface area contributed by atoms with E-state index in [0.717, 1.165) is 0 Å². The van der Waals surface area contributed by atoms with Gasteiger partial charge in [-0.15, -0.1) is 0 Å². The minimum atomic E-state index is -9.11. The number of aliphatic carboxylic acids is 1. The van der Waals surface area contributed by atoms with Gasteiger partial charge in [-0.3, -0.25) is 0 Å². The molecule has 1 unspecified atom stereocenters. The molecule has 0 heterocycles. The van der Waals surface area contributed by atoms with E-state index in [4.69, 9.17) is 5.11 Å². The molecule has 0 aromatic rings. The Morgan fingerprint density at radius 3 is 1.06 bits per heavy atom. The maximum Gasteiger partial charge on any atom is 0.460 e. The highest BCUT2D eigenvalue weighted by Gasteiger charge is 2.97. The Kier molecular flexibility index (Phi) is 8.16. The van der Waals surface area contributed by atoms with Crippen molar-refractivity contribution in [2.45, 2.75) is 66.1 Å². The second-order valence-electron chi connectivity index (χ2n) is 6.72. The normalized spacial score (nSPS) is 16.7. The predicted molar refractivity (Wildman–Crippen MR) is 71.9 cm³/mol. The van der Waals surface area contributed by atoms with Gasteiger partial charge in [0.2, 0.25) is 0 Å². The molecule has 0 aromatic heterocycles. The molecular weight excluding hydrogens is 580 g/mol. The quantitative estimate of drug-likeness (QED) is 0.209. The molecule has 0 rings (SSSR count). The van der Waals surface area contributed by atoms with Crippen LogP contribution < -0.4 is 0 Å². The number of carboxylic acids is 1. The topological polar surface area (TPSA) is 37.3 Å². The van der Waals surface area contributed by atoms with Gasteiger partial charge in [-0.25, -0.2) is 9.18 Å². The summed E-state index contributed by atoms with van der Waals surface area (Å²) in [7, 11) is 0. The maximum absolute atomic E-state index is 13.5. The van der Waals surface area contributed by atoms with E-state index in [0.29, 0.717) is 0 Å². The first kappa shape index (κ1) is 33.8. The molecule has 1 atom stereocenters. The zero-order valence-corrected chi connectivity index (χ0v) is 15.9. The van der Waals surface area contributed by atoms with Crippen LogP contribution in [0, 0.1) is 0 Å². The maximum atomic E-state index is 13.5. The van der Waals surface area contributed by atoms with Crippen LogP contribution in [0.1, 0.15) is 6.42 Å². The molecule has 22 heteroatoms. The molecular formula is C14H6F20O2. The van der Waals surface area contributed by atoms with Gasteiger partial charge in [-0.1, -0.05) is 6.58 Å². The average molecular weight is 586 g/mol. The van der Waals surface area contributed by atoms with Gasteiger partial charge in [-0.05, 0) is 0 Å². The van der Waals surface area contributed by atoms with Crippen molar-refractivity contribution < 1.29 is 97.7 Å². The number of hydrogen-bond donors (Lipinski definition) is 1. The van der Waals surface area contributed by atoms with Gasteiger partial charge >= 0.3 is 59.5 Å². The van der Waals surface area contributed by atoms with Crippen LogP contribution in [-0.2, 0) is 4.79 Å². The Morgan fingerprint density at radius 1 is 0.556 bits per heavy atom. The van der Waals surface area contributed by atoms with Crippen molar-refractivity contribution in [3.05, 3.63) is 12.2 Å². The molecule has 1 N–H and O–H groups in total. The Morgan fingerprint density at radius 2 is 0.806 bits per heavy atom. The van der Waals surface area contributed by atoms with Crippen molar-refractivity contribution in [2.75, 3.05) is 0 Å². The molecule has 0 spiro atoms. The van der Waals surface area contributed by atoms with E-state index in [1.807, 2.05) is 0 Å². The van der Waals surface area contributed by atoms with Gasteiger partial charge in [0.25, 0.3) is 0 Å². The van der Waals surface area contributed by atoms with Crippen LogP contribution >= 0.6 is 0 Å². The van der Waals surface area contributed by atoms with Gasteiger partial charge in [0.1, 0.15) is 0 Å². The Hall–Kier alpha value is -2.19. The van der Waals surface area contributed by atoms with E-state index < -0.39 is 77.7 Å². The highest BCUT2D eigenvalue weighted by Crippen LogP contribution is 2.65. The van der Waals surface area contributed by atoms with Crippen molar-refractivity contribution in [1.29, 1.82) is 0 Å². The number of carbonyl (C=O) groups is 1. The minimum Gasteiger partial charge on any atom is -0.478 e. The number of halogens is 20. The summed E-state index contributed by atoms with van der Waals surface area (Å²) in [5, 5.41) is 8.22. The lowest BCUT2D eigenvalue weighted by molar-refractivity contribution is -0.470. The molecule has 0 amide bonds. The first-order valence-electron chi connectivity index (χ1n) is 7.89. The first-order valence-corrected chi connectivity index (χ1v) is 7.89. The van der Waals surface area contributed by atoms with Crippen molar-refractivity contribution in [1.82, 2.24) is 0 Å². The predicted octanol–water partition coefficient (Wildman–Crippen LogP) is 7.00. The molecule has 0 aromatic carbocycles. The zero-order valence-electron chi connectivity index (χ0n) is 15.9. The van der Waals surface area contributed by atoms with Crippen LogP contribution in [0.25, 0.3) is 0 Å². The fraction of sp³-hybridized carbons (Fsp3) is 0.786. The average Bonchev–Trinajstić information content (AvgIpc) is 2.65. The van der Waals surface area contributed by atoms with E-state index in [-0.39, 0.29) is 0 Å². The lowest BCUT2D eigenvalue weighted by Gasteiger charge is -2.44. The van der Waals surface area contributed by atoms with Gasteiger partial charge in [0, 0.05) is 12.0 Å². The van der Waals surface area contributed by atoms with Gasteiger partial charge in [0.05, 0.1) is 0 Å². The number of carboxylic acid groups (broad SMARTS) is 1. The summed E-state index contributed by atoms with van der Waals surface area (Å²) < 4.78 is 262. The first-order chi connectivity index (χ1) is 15.2. The standard InChI is InChI=1S/C14H6F20O2/c1-3(5(35)36)2-4(15)6(16,17)7(18,19)8(20,21)9(22,23)10(24,25)11(26,27)12(28,29)13(30,31)14(32,33)34/h4H,1-2H2,(H,35,36). The van der Waals surface area contributed by atoms with Crippen LogP contribution in [0.3, 0.4) is 0 Å². The van der Waals surface area contributed by atoms with E-state index in [2.05, 4.69) is 6.58 Å². The molecule has 0 saturated carbocycles. The fourth-order valence-corrected chi connectivity index (χ4v) is 2.00. The Balaban J connectivity index is 6.89. The highest BCUT2D eigenvalue weighted by atomic mass is 19.4. The molecule has 214 valence electrons. The largest absolute Gasteiger partial charge is 0.478 e. The van der Waals surface area contributed by atoms with Crippen LogP contribution in [0.15, 0.2) is 12.2 Å². The molecule has 0 aliphatic rings. The third-order valence-corrected chi connectivity index (χ3v) is 4.26. The number of alkyl halides is 20. The highest BCUT2D eigenvalue weighted by molar-refractivity contribution is 5.85. The third-order valence-electron chi connectivity index (χ3n) is 4.26. The fourth-order valence-electron chi connectivity index (χ4n) is 2.00. The van der Waals surface area contributed by atoms with E-state index in [1.165, 1.54) is 0 Å². The van der Waals surface area contributed by atoms with Crippen LogP contribution in [0.2, 0.25) is 0 Å². The summed E-state index contributed by atoms with van der Waals surface area (Å²) in [6.45, 7) is 2.22. The van der Waals surface area contributed by atoms with Crippen LogP contribution in [0.4, 0.5) is 87.8 Å². The smallest absolute Gasteiger partial charge is 0.460 e. The van der Waals surface area contributed by atoms with E-state index in [9.17, 15) is 92.6 Å². The van der Waals surface area contributed by atoms with Gasteiger partial charge in [-0.2, -0.15) is 83.4 Å². The third kappa shape index (κ3) is 4.30. The summed E-state index contributed by atoms with van der Waals surface area (Å²) in [6.07, 6.45) is -15.7. The molecule has 0 fully saturated rings. The molecule has 0 aliphatic heterocycles. The van der Waals surface area contributed by atoms with Crippen LogP contribution in [0.5, 0.6) is 0 Å². The molecule has 0 bridgehead atoms. The molecule has 36 heavy (non-hydrogen) atoms. The van der Waals surface area contributed by atoms with Crippen molar-refractivity contribution in [3.8, 4) is 0 Å². The number of rotatable bonds is 11. The monoisotopic (exact) mass is 586 g/mol. The Bertz CT molecular complexity index is 853. The summed E-state index contributed by atoms with van der Waals surface area (Å²) in [4.78, 5) is 10.3. The minimum absolute atomic E-state index is 1.88. The second-order valence-corrected chi connectivity index (χ2v) is 6.72. The van der Waals surface area contributed by atoms with Crippen molar-refractivity contribution in [2.24, 2.45) is 0 Å². The van der Waals surface area contributed by atoms with Gasteiger partial charge < -0.3 is 5.11 Å². The van der Waals surface area contributed by atoms with Crippen LogP contribution in [-0.4, -0.2) is 70.8 Å². The van der Waals surface area contributed by atoms with Crippen molar-refractivity contribution in [3.63, 3.8) is 0 Å². The summed E-state index contributed by atoms with van der Waals surface area (Å²) >= 11 is 0. The van der Waals surface area contributed by atoms with Gasteiger partial charge in [0.15, 0.2) is 6.17 Å². The lowest BCUT2D eigenvalue weighted by atomic mass is 9.86. The molecule has 2 nitrogen and oxygen atoms in total.